The van der Waals surface area contributed by atoms with Crippen LogP contribution < -0.4 is 10.0 Å². The van der Waals surface area contributed by atoms with Gasteiger partial charge >= 0.3 is 0 Å². The predicted molar refractivity (Wildman–Crippen MR) is 134 cm³/mol. The van der Waals surface area contributed by atoms with Crippen molar-refractivity contribution in [2.24, 2.45) is 0 Å². The molecule has 1 amide bonds. The fraction of sp³-hybridized carbons (Fsp3) is 0.240. The van der Waals surface area contributed by atoms with Crippen molar-refractivity contribution in [3.05, 3.63) is 88.5 Å². The second kappa shape index (κ2) is 10.2. The Morgan fingerprint density at radius 2 is 1.44 bits per heavy atom. The fourth-order valence-electron chi connectivity index (χ4n) is 3.35. The molecule has 0 atom stereocenters. The molecule has 0 spiro atoms. The van der Waals surface area contributed by atoms with Crippen LogP contribution in [0.1, 0.15) is 27.8 Å². The Labute approximate surface area is 194 Å². The standard InChI is InChI=1S/C25H28N2O3S2/c1-17-11-18(2)13-21(12-17)15-31-16-25(28)26-22-7-9-24(10-8-22)32(29,30)27-23-6-5-19(3)20(4)14-23/h5-14,27H,15-16H2,1-4H3,(H,26,28). The number of thioether (sulfide) groups is 1. The van der Waals surface area contributed by atoms with E-state index in [2.05, 4.69) is 42.1 Å². The Bertz CT molecular complexity index is 1200. The lowest BCUT2D eigenvalue weighted by Crippen LogP contribution is -2.15. The van der Waals surface area contributed by atoms with Gasteiger partial charge in [-0.15, -0.1) is 11.8 Å². The second-order valence-electron chi connectivity index (χ2n) is 7.97. The second-order valence-corrected chi connectivity index (χ2v) is 10.6. The lowest BCUT2D eigenvalue weighted by Gasteiger charge is -2.11. The van der Waals surface area contributed by atoms with Crippen LogP contribution in [0.15, 0.2) is 65.6 Å². The number of hydrogen-bond acceptors (Lipinski definition) is 4. The van der Waals surface area contributed by atoms with E-state index >= 15 is 0 Å². The van der Waals surface area contributed by atoms with Gasteiger partial charge in [0.2, 0.25) is 5.91 Å². The summed E-state index contributed by atoms with van der Waals surface area (Å²) in [6.07, 6.45) is 0. The third-order valence-electron chi connectivity index (χ3n) is 4.99. The summed E-state index contributed by atoms with van der Waals surface area (Å²) < 4.78 is 27.9. The van der Waals surface area contributed by atoms with E-state index in [1.165, 1.54) is 28.8 Å². The van der Waals surface area contributed by atoms with Gasteiger partial charge in [-0.2, -0.15) is 0 Å². The van der Waals surface area contributed by atoms with Crippen LogP contribution >= 0.6 is 11.8 Å². The van der Waals surface area contributed by atoms with E-state index in [1.54, 1.807) is 36.0 Å². The van der Waals surface area contributed by atoms with Gasteiger partial charge in [0.25, 0.3) is 10.0 Å². The number of sulfonamides is 1. The van der Waals surface area contributed by atoms with E-state index in [-0.39, 0.29) is 10.8 Å². The molecular formula is C25H28N2O3S2. The molecule has 0 saturated heterocycles. The Kier molecular flexibility index (Phi) is 7.64. The number of anilines is 2. The third kappa shape index (κ3) is 6.61. The van der Waals surface area contributed by atoms with E-state index in [4.69, 9.17) is 0 Å². The zero-order valence-corrected chi connectivity index (χ0v) is 20.4. The number of carbonyl (C=O) groups excluding carboxylic acids is 1. The van der Waals surface area contributed by atoms with Crippen LogP contribution in [0, 0.1) is 27.7 Å². The number of benzene rings is 3. The molecule has 5 nitrogen and oxygen atoms in total. The summed E-state index contributed by atoms with van der Waals surface area (Å²) in [5, 5.41) is 2.82. The van der Waals surface area contributed by atoms with Crippen molar-refractivity contribution in [2.45, 2.75) is 38.3 Å². The average Bonchev–Trinajstić information content (AvgIpc) is 2.70. The van der Waals surface area contributed by atoms with Crippen LogP contribution in [-0.4, -0.2) is 20.1 Å². The van der Waals surface area contributed by atoms with Crippen LogP contribution in [0.25, 0.3) is 0 Å². The zero-order valence-electron chi connectivity index (χ0n) is 18.7. The minimum atomic E-state index is -3.71. The molecule has 3 aromatic carbocycles. The number of rotatable bonds is 8. The maximum Gasteiger partial charge on any atom is 0.261 e. The first-order valence-electron chi connectivity index (χ1n) is 10.3. The lowest BCUT2D eigenvalue weighted by atomic mass is 10.1. The molecule has 7 heteroatoms. The largest absolute Gasteiger partial charge is 0.325 e. The van der Waals surface area contributed by atoms with E-state index in [0.717, 1.165) is 16.9 Å². The van der Waals surface area contributed by atoms with Gasteiger partial charge in [-0.3, -0.25) is 9.52 Å². The maximum absolute atomic E-state index is 12.7. The molecule has 168 valence electrons. The molecule has 0 aromatic heterocycles. The van der Waals surface area contributed by atoms with E-state index < -0.39 is 10.0 Å². The van der Waals surface area contributed by atoms with Crippen molar-refractivity contribution in [2.75, 3.05) is 15.8 Å². The predicted octanol–water partition coefficient (Wildman–Crippen LogP) is 5.59. The van der Waals surface area contributed by atoms with Crippen molar-refractivity contribution < 1.29 is 13.2 Å². The highest BCUT2D eigenvalue weighted by Gasteiger charge is 2.15. The van der Waals surface area contributed by atoms with Gasteiger partial charge in [-0.25, -0.2) is 8.42 Å². The highest BCUT2D eigenvalue weighted by molar-refractivity contribution is 7.99. The summed E-state index contributed by atoms with van der Waals surface area (Å²) >= 11 is 1.54. The minimum Gasteiger partial charge on any atom is -0.325 e. The maximum atomic E-state index is 12.7. The van der Waals surface area contributed by atoms with Crippen LogP contribution in [0.4, 0.5) is 11.4 Å². The Morgan fingerprint density at radius 1 is 0.812 bits per heavy atom. The molecule has 2 N–H and O–H groups in total. The van der Waals surface area contributed by atoms with Gasteiger partial charge in [0, 0.05) is 17.1 Å². The molecule has 0 radical (unpaired) electrons. The van der Waals surface area contributed by atoms with Gasteiger partial charge in [0.05, 0.1) is 10.6 Å². The summed E-state index contributed by atoms with van der Waals surface area (Å²) in [7, 11) is -3.71. The van der Waals surface area contributed by atoms with Crippen LogP contribution in [-0.2, 0) is 20.6 Å². The van der Waals surface area contributed by atoms with Gasteiger partial charge in [0.1, 0.15) is 0 Å². The lowest BCUT2D eigenvalue weighted by molar-refractivity contribution is -0.113. The first-order valence-corrected chi connectivity index (χ1v) is 12.9. The molecule has 3 rings (SSSR count). The quantitative estimate of drug-likeness (QED) is 0.452. The third-order valence-corrected chi connectivity index (χ3v) is 7.39. The Hall–Kier alpha value is -2.77. The summed E-state index contributed by atoms with van der Waals surface area (Å²) in [6.45, 7) is 8.04. The molecule has 0 bridgehead atoms. The molecule has 0 fully saturated rings. The molecule has 0 saturated carbocycles. The van der Waals surface area contributed by atoms with E-state index in [9.17, 15) is 13.2 Å². The average molecular weight is 469 g/mol. The molecule has 0 unspecified atom stereocenters. The van der Waals surface area contributed by atoms with Crippen molar-refractivity contribution in [3.63, 3.8) is 0 Å². The minimum absolute atomic E-state index is 0.122. The number of aryl methyl sites for hydroxylation is 4. The molecule has 0 aliphatic rings. The van der Waals surface area contributed by atoms with Crippen LogP contribution in [0.2, 0.25) is 0 Å². The highest BCUT2D eigenvalue weighted by Crippen LogP contribution is 2.21. The van der Waals surface area contributed by atoms with Gasteiger partial charge in [0.15, 0.2) is 0 Å². The van der Waals surface area contributed by atoms with Gasteiger partial charge in [-0.1, -0.05) is 35.4 Å². The van der Waals surface area contributed by atoms with Gasteiger partial charge in [-0.05, 0) is 80.8 Å². The molecule has 0 aliphatic heterocycles. The van der Waals surface area contributed by atoms with Crippen LogP contribution in [0.5, 0.6) is 0 Å². The monoisotopic (exact) mass is 468 g/mol. The molecule has 0 heterocycles. The molecule has 3 aromatic rings. The summed E-state index contributed by atoms with van der Waals surface area (Å²) in [6, 6.07) is 18.0. The number of amides is 1. The fourth-order valence-corrected chi connectivity index (χ4v) is 5.16. The Balaban J connectivity index is 1.55. The van der Waals surface area contributed by atoms with E-state index in [1.807, 2.05) is 19.9 Å². The smallest absolute Gasteiger partial charge is 0.261 e. The normalized spacial score (nSPS) is 11.2. The van der Waals surface area contributed by atoms with Gasteiger partial charge < -0.3 is 5.32 Å². The Morgan fingerprint density at radius 3 is 2.06 bits per heavy atom. The first kappa shape index (κ1) is 23.9. The summed E-state index contributed by atoms with van der Waals surface area (Å²) in [5.41, 5.74) is 6.82. The van der Waals surface area contributed by atoms with Crippen molar-refractivity contribution in [3.8, 4) is 0 Å². The topological polar surface area (TPSA) is 75.3 Å². The number of nitrogens with one attached hydrogen (secondary N) is 2. The van der Waals surface area contributed by atoms with Crippen molar-refractivity contribution >= 4 is 39.1 Å². The number of hydrogen-bond donors (Lipinski definition) is 2. The van der Waals surface area contributed by atoms with E-state index in [0.29, 0.717) is 17.1 Å². The number of carbonyl (C=O) groups is 1. The molecule has 32 heavy (non-hydrogen) atoms. The first-order chi connectivity index (χ1) is 15.1. The molecular weight excluding hydrogens is 440 g/mol. The van der Waals surface area contributed by atoms with Crippen LogP contribution in [0.3, 0.4) is 0 Å². The summed E-state index contributed by atoms with van der Waals surface area (Å²) in [5.74, 6) is 0.960. The molecule has 0 aliphatic carbocycles. The van der Waals surface area contributed by atoms with Crippen molar-refractivity contribution in [1.29, 1.82) is 0 Å². The highest BCUT2D eigenvalue weighted by atomic mass is 32.2. The summed E-state index contributed by atoms with van der Waals surface area (Å²) in [4.78, 5) is 12.4. The van der Waals surface area contributed by atoms with Crippen molar-refractivity contribution in [1.82, 2.24) is 0 Å². The SMILES string of the molecule is Cc1cc(C)cc(CSCC(=O)Nc2ccc(S(=O)(=O)Nc3ccc(C)c(C)c3)cc2)c1. The zero-order chi connectivity index (χ0) is 23.3.